The molecule has 19 nitrogen and oxygen atoms in total. The van der Waals surface area contributed by atoms with E-state index in [0.29, 0.717) is 22.6 Å². The van der Waals surface area contributed by atoms with Crippen molar-refractivity contribution < 1.29 is 38.2 Å². The lowest BCUT2D eigenvalue weighted by Crippen LogP contribution is -2.41. The number of rotatable bonds is 17. The lowest BCUT2D eigenvalue weighted by Gasteiger charge is -2.23. The van der Waals surface area contributed by atoms with Crippen molar-refractivity contribution in [2.24, 2.45) is 35.5 Å². The van der Waals surface area contributed by atoms with Gasteiger partial charge in [0.2, 0.25) is 35.4 Å². The summed E-state index contributed by atoms with van der Waals surface area (Å²) in [6, 6.07) is 28.7. The van der Waals surface area contributed by atoms with Crippen LogP contribution in [0.5, 0.6) is 11.5 Å². The van der Waals surface area contributed by atoms with E-state index in [9.17, 15) is 28.8 Å². The summed E-state index contributed by atoms with van der Waals surface area (Å²) in [5.74, 6) is 1.77. The number of methoxy groups -OCH3 is 2. The van der Waals surface area contributed by atoms with Crippen LogP contribution in [0.3, 0.4) is 0 Å². The Bertz CT molecular complexity index is 2870. The zero-order chi connectivity index (χ0) is 62.2. The highest BCUT2D eigenvalue weighted by Gasteiger charge is 2.23. The van der Waals surface area contributed by atoms with Crippen molar-refractivity contribution >= 4 is 91.3 Å². The van der Waals surface area contributed by atoms with E-state index in [1.807, 2.05) is 192 Å². The zero-order valence-corrected chi connectivity index (χ0v) is 52.7. The van der Waals surface area contributed by atoms with Gasteiger partial charge in [-0.3, -0.25) is 38.8 Å². The highest BCUT2D eigenvalue weighted by atomic mass is 32.1. The number of likely N-dealkylation sites (tertiary alicyclic amines) is 1. The number of thiazole rings is 1. The third-order valence-electron chi connectivity index (χ3n) is 12.3. The minimum atomic E-state index is -0.0279. The number of likely N-dealkylation sites (N-methyl/N-ethyl adjacent to an activating group) is 1. The number of nitrogens with one attached hydrogen (secondary N) is 7. The number of para-hydroxylation sites is 2. The van der Waals surface area contributed by atoms with Gasteiger partial charge >= 0.3 is 0 Å². The van der Waals surface area contributed by atoms with Crippen molar-refractivity contribution in [1.82, 2.24) is 25.4 Å². The van der Waals surface area contributed by atoms with E-state index < -0.39 is 0 Å². The molecule has 83 heavy (non-hydrogen) atoms. The molecule has 0 spiro atoms. The molecule has 2 aromatic heterocycles. The number of carbonyl (C=O) groups excluding carboxylic acids is 6. The van der Waals surface area contributed by atoms with Crippen molar-refractivity contribution in [2.45, 2.75) is 109 Å². The summed E-state index contributed by atoms with van der Waals surface area (Å²) in [5.41, 5.74) is 5.18. The summed E-state index contributed by atoms with van der Waals surface area (Å²) in [6.45, 7) is 27.8. The average Bonchev–Trinajstić information content (AvgIpc) is 4.31. The van der Waals surface area contributed by atoms with Crippen LogP contribution < -0.4 is 46.3 Å². The second kappa shape index (κ2) is 38.0. The Kier molecular flexibility index (Phi) is 32.7. The van der Waals surface area contributed by atoms with Crippen LogP contribution in [0, 0.1) is 35.5 Å². The lowest BCUT2D eigenvalue weighted by molar-refractivity contribution is -0.124. The number of aromatic amines is 1. The number of hydrogen-bond acceptors (Lipinski definition) is 13. The SMILES string of the molecule is CC(C)C(=O)Nc1ccc(N(C)C)cc1.CC(C)C(=O)Nc1ccc2cn[nH]c2c1.CC(C)C(=O)Nc1nccs1.CCN1CCCC1CNC(=O)C(C)C.COc1cccc(NC(=O)C(C)C)c1.COc1ccccc1NC(=O)C(C)C. The fourth-order valence-corrected chi connectivity index (χ4v) is 7.48. The van der Waals surface area contributed by atoms with Crippen LogP contribution in [0.2, 0.25) is 0 Å². The van der Waals surface area contributed by atoms with Crippen molar-refractivity contribution in [2.75, 3.05) is 79.4 Å². The lowest BCUT2D eigenvalue weighted by atomic mass is 10.2. The monoisotopic (exact) mass is 1160 g/mol. The number of amides is 6. The van der Waals surface area contributed by atoms with E-state index in [4.69, 9.17) is 9.47 Å². The molecule has 0 saturated carbocycles. The first kappa shape index (κ1) is 71.3. The first-order valence-corrected chi connectivity index (χ1v) is 29.1. The summed E-state index contributed by atoms with van der Waals surface area (Å²) in [7, 11) is 7.16. The van der Waals surface area contributed by atoms with E-state index in [2.05, 4.69) is 58.9 Å². The minimum absolute atomic E-state index is 0.00509. The predicted molar refractivity (Wildman–Crippen MR) is 340 cm³/mol. The van der Waals surface area contributed by atoms with Crippen LogP contribution in [-0.2, 0) is 28.8 Å². The molecule has 1 saturated heterocycles. The van der Waals surface area contributed by atoms with E-state index in [0.717, 1.165) is 52.5 Å². The molecule has 20 heteroatoms. The first-order chi connectivity index (χ1) is 39.3. The molecule has 1 fully saturated rings. The molecule has 0 radical (unpaired) electrons. The van der Waals surface area contributed by atoms with Crippen molar-refractivity contribution in [3.05, 3.63) is 109 Å². The van der Waals surface area contributed by atoms with Crippen LogP contribution in [0.15, 0.2) is 109 Å². The molecule has 7 N–H and O–H groups in total. The Balaban J connectivity index is 0.000000341. The van der Waals surface area contributed by atoms with Gasteiger partial charge in [0.15, 0.2) is 5.13 Å². The third kappa shape index (κ3) is 27.7. The molecule has 1 unspecified atom stereocenters. The number of carbonyl (C=O) groups is 6. The van der Waals surface area contributed by atoms with Crippen molar-refractivity contribution in [3.63, 3.8) is 0 Å². The third-order valence-corrected chi connectivity index (χ3v) is 13.0. The maximum Gasteiger partial charge on any atom is 0.228 e. The van der Waals surface area contributed by atoms with Gasteiger partial charge in [0.1, 0.15) is 11.5 Å². The molecule has 6 aromatic rings. The minimum Gasteiger partial charge on any atom is -0.497 e. The van der Waals surface area contributed by atoms with Gasteiger partial charge in [-0.2, -0.15) is 5.10 Å². The summed E-state index contributed by atoms with van der Waals surface area (Å²) in [5, 5.41) is 27.3. The zero-order valence-electron chi connectivity index (χ0n) is 51.9. The number of benzene rings is 4. The Morgan fingerprint density at radius 2 is 1.16 bits per heavy atom. The van der Waals surface area contributed by atoms with Gasteiger partial charge in [-0.1, -0.05) is 108 Å². The molecule has 0 aliphatic carbocycles. The molecule has 4 aromatic carbocycles. The topological polar surface area (TPSA) is 241 Å². The van der Waals surface area contributed by atoms with Gasteiger partial charge in [-0.15, -0.1) is 11.3 Å². The van der Waals surface area contributed by atoms with Crippen LogP contribution in [0.4, 0.5) is 33.6 Å². The molecule has 1 aliphatic heterocycles. The van der Waals surface area contributed by atoms with Gasteiger partial charge in [0.25, 0.3) is 0 Å². The summed E-state index contributed by atoms with van der Waals surface area (Å²) >= 11 is 1.43. The number of fused-ring (bicyclic) bond motifs is 1. The van der Waals surface area contributed by atoms with Gasteiger partial charge in [0, 0.05) is 108 Å². The number of anilines is 6. The number of nitrogens with zero attached hydrogens (tertiary/aromatic N) is 4. The van der Waals surface area contributed by atoms with Gasteiger partial charge < -0.3 is 46.3 Å². The maximum atomic E-state index is 11.4. The maximum absolute atomic E-state index is 11.4. The summed E-state index contributed by atoms with van der Waals surface area (Å²) < 4.78 is 10.2. The number of hydrogen-bond donors (Lipinski definition) is 7. The summed E-state index contributed by atoms with van der Waals surface area (Å²) in [6.07, 6.45) is 5.92. The van der Waals surface area contributed by atoms with E-state index in [-0.39, 0.29) is 71.0 Å². The molecule has 1 atom stereocenters. The first-order valence-electron chi connectivity index (χ1n) is 28.2. The Morgan fingerprint density at radius 1 is 0.627 bits per heavy atom. The number of ether oxygens (including phenoxy) is 2. The smallest absolute Gasteiger partial charge is 0.228 e. The molecule has 454 valence electrons. The second-order valence-electron chi connectivity index (χ2n) is 21.4. The number of aromatic nitrogens is 3. The van der Waals surface area contributed by atoms with Gasteiger partial charge in [-0.05, 0) is 92.7 Å². The fourth-order valence-electron chi connectivity index (χ4n) is 6.94. The Morgan fingerprint density at radius 3 is 1.67 bits per heavy atom. The van der Waals surface area contributed by atoms with E-state index in [1.165, 1.54) is 30.7 Å². The molecular weight excluding hydrogens is 1070 g/mol. The van der Waals surface area contributed by atoms with Gasteiger partial charge in [-0.25, -0.2) is 4.98 Å². The van der Waals surface area contributed by atoms with Crippen LogP contribution in [-0.4, -0.2) is 110 Å². The van der Waals surface area contributed by atoms with Crippen LogP contribution in [0.1, 0.15) is 103 Å². The summed E-state index contributed by atoms with van der Waals surface area (Å²) in [4.78, 5) is 76.5. The Hall–Kier alpha value is -7.84. The molecule has 1 aliphatic rings. The Labute approximate surface area is 496 Å². The van der Waals surface area contributed by atoms with Crippen molar-refractivity contribution in [3.8, 4) is 11.5 Å². The molecule has 6 amide bonds. The second-order valence-corrected chi connectivity index (χ2v) is 22.3. The normalized spacial score (nSPS) is 12.4. The quantitative estimate of drug-likeness (QED) is 0.0451. The highest BCUT2D eigenvalue weighted by molar-refractivity contribution is 7.13. The fraction of sp³-hybridized carbons (Fsp3) is 0.460. The largest absolute Gasteiger partial charge is 0.497 e. The predicted octanol–water partition coefficient (Wildman–Crippen LogP) is 12.1. The van der Waals surface area contributed by atoms with E-state index in [1.54, 1.807) is 32.7 Å². The highest BCUT2D eigenvalue weighted by Crippen LogP contribution is 2.24. The number of H-pyrrole nitrogens is 1. The molecule has 7 rings (SSSR count). The van der Waals surface area contributed by atoms with E-state index >= 15 is 0 Å². The standard InChI is InChI=1S/C12H18N2O.C11H13N3O.C11H22N2O.2C11H15NO2.C7H10N2OS/c1-9(2)12(15)13-10-5-7-11(8-6-10)14(3)4;1-7(2)11(15)13-9-4-3-8-6-12-14-10(8)5-9;1-4-13-7-5-6-10(13)8-12-11(14)9(2)3;1-8(2)11(13)12-9-5-4-6-10(7-9)14-3;1-8(2)11(13)12-9-6-4-5-7-10(9)14-3;1-5(2)6(10)9-7-8-3-4-11-7/h5-9H,1-4H3,(H,13,15);3-7H,1-2H3,(H,12,14)(H,13,15);9-10H,4-8H2,1-3H3,(H,12,14);2*4-8H,1-3H3,(H,12,13);3-5H,1-2H3,(H,8,9,10). The molecular formula is C63H93N11O8S. The molecule has 0 bridgehead atoms. The van der Waals surface area contributed by atoms with Gasteiger partial charge in [0.05, 0.1) is 31.6 Å². The van der Waals surface area contributed by atoms with Crippen LogP contribution in [0.25, 0.3) is 10.9 Å². The average molecular weight is 1160 g/mol. The van der Waals surface area contributed by atoms with Crippen LogP contribution >= 0.6 is 11.3 Å². The van der Waals surface area contributed by atoms with Crippen molar-refractivity contribution in [1.29, 1.82) is 0 Å². The molecule has 3 heterocycles.